The molecule has 0 saturated heterocycles. The molecule has 10 heteroatoms. The molecular weight excluding hydrogens is 725 g/mol. The number of anilines is 6. The van der Waals surface area contributed by atoms with E-state index in [1.54, 1.807) is 24.8 Å². The zero-order chi connectivity index (χ0) is 38.2. The second-order valence-electron chi connectivity index (χ2n) is 14.0. The average Bonchev–Trinajstić information content (AvgIpc) is 3.92. The molecule has 10 aromatic rings. The van der Waals surface area contributed by atoms with Crippen LogP contribution in [-0.2, 0) is 0 Å². The van der Waals surface area contributed by atoms with Crippen molar-refractivity contribution in [3.05, 3.63) is 170 Å². The number of fused-ring (bicyclic) bond motifs is 6. The van der Waals surface area contributed by atoms with Gasteiger partial charge in [-0.3, -0.25) is 9.97 Å². The van der Waals surface area contributed by atoms with Gasteiger partial charge in [0, 0.05) is 47.0 Å². The van der Waals surface area contributed by atoms with Crippen LogP contribution >= 0.6 is 0 Å². The summed E-state index contributed by atoms with van der Waals surface area (Å²) in [5.41, 5.74) is 11.4. The molecule has 6 heterocycles. The number of aromatic nitrogens is 4. The molecule has 0 radical (unpaired) electrons. The number of pyridine rings is 2. The molecule has 274 valence electrons. The summed E-state index contributed by atoms with van der Waals surface area (Å²) in [6.07, 6.45) is 6.80. The van der Waals surface area contributed by atoms with Gasteiger partial charge in [0.2, 0.25) is 11.8 Å². The minimum absolute atomic E-state index is 0.451. The maximum Gasteiger partial charge on any atom is 0.227 e. The van der Waals surface area contributed by atoms with Gasteiger partial charge >= 0.3 is 0 Å². The van der Waals surface area contributed by atoms with Crippen molar-refractivity contribution in [2.24, 2.45) is 0 Å². The third kappa shape index (κ3) is 5.20. The molecule has 0 spiro atoms. The fourth-order valence-electron chi connectivity index (χ4n) is 7.83. The van der Waals surface area contributed by atoms with Crippen LogP contribution in [-0.4, -0.2) is 19.9 Å². The highest BCUT2D eigenvalue weighted by atomic mass is 16.5. The number of rotatable bonds is 5. The maximum absolute atomic E-state index is 6.45. The number of hydrogen-bond acceptors (Lipinski definition) is 10. The quantitative estimate of drug-likeness (QED) is 0.169. The van der Waals surface area contributed by atoms with Crippen LogP contribution in [0.4, 0.5) is 34.1 Å². The molecule has 0 N–H and O–H groups in total. The third-order valence-electron chi connectivity index (χ3n) is 10.4. The zero-order valence-corrected chi connectivity index (χ0v) is 30.5. The van der Waals surface area contributed by atoms with E-state index in [9.17, 15) is 0 Å². The van der Waals surface area contributed by atoms with Crippen LogP contribution < -0.4 is 19.3 Å². The molecule has 2 aliphatic heterocycles. The van der Waals surface area contributed by atoms with Crippen molar-refractivity contribution < 1.29 is 18.3 Å². The van der Waals surface area contributed by atoms with E-state index >= 15 is 0 Å². The highest BCUT2D eigenvalue weighted by Crippen LogP contribution is 2.54. The van der Waals surface area contributed by atoms with E-state index in [-0.39, 0.29) is 0 Å². The van der Waals surface area contributed by atoms with Crippen molar-refractivity contribution >= 4 is 56.3 Å². The lowest BCUT2D eigenvalue weighted by molar-refractivity contribution is 0.477. The predicted molar refractivity (Wildman–Crippen MR) is 223 cm³/mol. The van der Waals surface area contributed by atoms with Crippen LogP contribution in [0.5, 0.6) is 23.0 Å². The topological polar surface area (TPSA) is 103 Å². The van der Waals surface area contributed by atoms with E-state index in [2.05, 4.69) is 74.4 Å². The first kappa shape index (κ1) is 32.0. The molecule has 4 aromatic heterocycles. The Hall–Kier alpha value is -8.24. The minimum Gasteiger partial charge on any atom is -0.453 e. The Morgan fingerprint density at radius 3 is 1.17 bits per heavy atom. The Morgan fingerprint density at radius 2 is 0.759 bits per heavy atom. The highest BCUT2D eigenvalue weighted by Gasteiger charge is 2.30. The zero-order valence-electron chi connectivity index (χ0n) is 30.5. The van der Waals surface area contributed by atoms with E-state index in [0.29, 0.717) is 34.0 Å². The van der Waals surface area contributed by atoms with Gasteiger partial charge in [-0.05, 0) is 96.1 Å². The first-order valence-electron chi connectivity index (χ1n) is 18.7. The van der Waals surface area contributed by atoms with Gasteiger partial charge in [0.25, 0.3) is 0 Å². The molecule has 12 rings (SSSR count). The third-order valence-corrected chi connectivity index (χ3v) is 10.4. The van der Waals surface area contributed by atoms with Gasteiger partial charge in [0.05, 0.1) is 35.1 Å². The Balaban J connectivity index is 1.13. The largest absolute Gasteiger partial charge is 0.453 e. The highest BCUT2D eigenvalue weighted by molar-refractivity contribution is 5.94. The van der Waals surface area contributed by atoms with Gasteiger partial charge in [0.1, 0.15) is 11.0 Å². The van der Waals surface area contributed by atoms with E-state index < -0.39 is 0 Å². The Morgan fingerprint density at radius 1 is 0.379 bits per heavy atom. The first-order valence-corrected chi connectivity index (χ1v) is 18.7. The molecule has 0 bridgehead atoms. The summed E-state index contributed by atoms with van der Waals surface area (Å²) in [7, 11) is 0. The first-order chi connectivity index (χ1) is 28.7. The van der Waals surface area contributed by atoms with Gasteiger partial charge in [-0.15, -0.1) is 0 Å². The monoisotopic (exact) mass is 752 g/mol. The van der Waals surface area contributed by atoms with Crippen LogP contribution in [0.25, 0.3) is 56.2 Å². The summed E-state index contributed by atoms with van der Waals surface area (Å²) in [5.74, 6) is 3.94. The van der Waals surface area contributed by atoms with Gasteiger partial charge in [-0.2, -0.15) is 0 Å². The standard InChI is InChI=1S/C48H28N6O4/c1-5-13-43-37(9-1)53(38-10-2-6-14-44(38)55-43)33-24-30(25-34(26-33)54-39-11-3-7-15-45(39)56-46-16-8-4-12-40(46)54)29-21-31(47-51-35-27-49-19-17-41(35)57-47)23-32(22-29)48-52-36-28-50-20-18-42(36)58-48/h1-28H. The van der Waals surface area contributed by atoms with Crippen LogP contribution in [0.1, 0.15) is 0 Å². The molecule has 6 aromatic carbocycles. The van der Waals surface area contributed by atoms with Crippen molar-refractivity contribution in [1.29, 1.82) is 0 Å². The maximum atomic E-state index is 6.45. The summed E-state index contributed by atoms with van der Waals surface area (Å²) in [6, 6.07) is 48.9. The molecule has 0 saturated carbocycles. The lowest BCUT2D eigenvalue weighted by Gasteiger charge is -2.36. The van der Waals surface area contributed by atoms with Crippen molar-refractivity contribution in [2.45, 2.75) is 0 Å². The number of benzene rings is 6. The molecule has 0 unspecified atom stereocenters. The molecule has 0 atom stereocenters. The summed E-state index contributed by atoms with van der Waals surface area (Å²) in [5, 5.41) is 0. The van der Waals surface area contributed by atoms with Crippen molar-refractivity contribution in [3.8, 4) is 57.0 Å². The Kier molecular flexibility index (Phi) is 6.99. The molecule has 2 aliphatic rings. The number of para-hydroxylation sites is 8. The number of ether oxygens (including phenoxy) is 2. The van der Waals surface area contributed by atoms with E-state index in [4.69, 9.17) is 28.3 Å². The predicted octanol–water partition coefficient (Wildman–Crippen LogP) is 12.9. The summed E-state index contributed by atoms with van der Waals surface area (Å²) < 4.78 is 25.6. The number of hydrogen-bond donors (Lipinski definition) is 0. The Bertz CT molecular complexity index is 2880. The minimum atomic E-state index is 0.451. The lowest BCUT2D eigenvalue weighted by atomic mass is 9.97. The number of nitrogens with zero attached hydrogens (tertiary/aromatic N) is 6. The smallest absolute Gasteiger partial charge is 0.227 e. The second kappa shape index (κ2) is 12.7. The summed E-state index contributed by atoms with van der Waals surface area (Å²) in [6.45, 7) is 0. The molecule has 0 amide bonds. The van der Waals surface area contributed by atoms with Crippen molar-refractivity contribution in [1.82, 2.24) is 19.9 Å². The average molecular weight is 753 g/mol. The Labute approximate surface area is 330 Å². The molecule has 58 heavy (non-hydrogen) atoms. The lowest BCUT2D eigenvalue weighted by Crippen LogP contribution is -2.18. The number of oxazole rings is 2. The molecule has 0 aliphatic carbocycles. The van der Waals surface area contributed by atoms with Gasteiger partial charge < -0.3 is 28.1 Å². The second-order valence-corrected chi connectivity index (χ2v) is 14.0. The van der Waals surface area contributed by atoms with Crippen LogP contribution in [0, 0.1) is 0 Å². The van der Waals surface area contributed by atoms with E-state index in [1.807, 2.05) is 91.0 Å². The van der Waals surface area contributed by atoms with Gasteiger partial charge in [-0.1, -0.05) is 48.5 Å². The van der Waals surface area contributed by atoms with Crippen LogP contribution in [0.2, 0.25) is 0 Å². The molecule has 0 fully saturated rings. The van der Waals surface area contributed by atoms with Gasteiger partial charge in [0.15, 0.2) is 34.2 Å². The van der Waals surface area contributed by atoms with Gasteiger partial charge in [-0.25, -0.2) is 9.97 Å². The summed E-state index contributed by atoms with van der Waals surface area (Å²) in [4.78, 5) is 22.7. The SMILES string of the molecule is c1ccc2c(c1)Oc1ccccc1N2c1cc(-c2cc(-c3nc4cnccc4o3)cc(-c3nc4cnccc4o3)c2)cc(N2c3ccccc3Oc3ccccc32)c1. The van der Waals surface area contributed by atoms with Crippen LogP contribution in [0.15, 0.2) is 179 Å². The fraction of sp³-hybridized carbons (Fsp3) is 0. The fourth-order valence-corrected chi connectivity index (χ4v) is 7.83. The van der Waals surface area contributed by atoms with Crippen molar-refractivity contribution in [2.75, 3.05) is 9.80 Å². The summed E-state index contributed by atoms with van der Waals surface area (Å²) >= 11 is 0. The van der Waals surface area contributed by atoms with E-state index in [0.717, 1.165) is 79.4 Å². The van der Waals surface area contributed by atoms with Crippen molar-refractivity contribution in [3.63, 3.8) is 0 Å². The molecular formula is C48H28N6O4. The van der Waals surface area contributed by atoms with E-state index in [1.165, 1.54) is 0 Å². The normalized spacial score (nSPS) is 12.7. The van der Waals surface area contributed by atoms with Crippen LogP contribution in [0.3, 0.4) is 0 Å². The molecule has 10 nitrogen and oxygen atoms in total.